The second-order valence-electron chi connectivity index (χ2n) is 3.01. The highest BCUT2D eigenvalue weighted by molar-refractivity contribution is 7.99. The monoisotopic (exact) mass is 243 g/mol. The van der Waals surface area contributed by atoms with Crippen LogP contribution in [0.3, 0.4) is 0 Å². The molecule has 1 atom stereocenters. The van der Waals surface area contributed by atoms with E-state index in [4.69, 9.17) is 5.11 Å². The van der Waals surface area contributed by atoms with Gasteiger partial charge in [-0.2, -0.15) is 13.2 Å². The number of thioether (sulfide) groups is 1. The predicted molar refractivity (Wildman–Crippen MR) is 46.3 cm³/mol. The Labute approximate surface area is 87.4 Å². The summed E-state index contributed by atoms with van der Waals surface area (Å²) in [5.41, 5.74) is 0. The Balaban J connectivity index is 2.63. The van der Waals surface area contributed by atoms with E-state index in [1.807, 2.05) is 0 Å². The van der Waals surface area contributed by atoms with Crippen molar-refractivity contribution in [1.82, 2.24) is 4.90 Å². The fraction of sp³-hybridized carbons (Fsp3) is 0.714. The zero-order valence-corrected chi connectivity index (χ0v) is 8.27. The summed E-state index contributed by atoms with van der Waals surface area (Å²) < 4.78 is 35.7. The topological polar surface area (TPSA) is 57.6 Å². The van der Waals surface area contributed by atoms with E-state index in [1.165, 1.54) is 0 Å². The average molecular weight is 243 g/mol. The van der Waals surface area contributed by atoms with E-state index in [1.54, 1.807) is 0 Å². The number of nitrogens with zero attached hydrogens (tertiary/aromatic N) is 1. The molecule has 1 amide bonds. The molecule has 0 aromatic carbocycles. The summed E-state index contributed by atoms with van der Waals surface area (Å²) in [6.45, 7) is 0. The van der Waals surface area contributed by atoms with Gasteiger partial charge in [0.1, 0.15) is 12.5 Å². The lowest BCUT2D eigenvalue weighted by atomic mass is 10.2. The van der Waals surface area contributed by atoms with Crippen LogP contribution in [0.4, 0.5) is 13.2 Å². The first kappa shape index (κ1) is 12.2. The Morgan fingerprint density at radius 1 is 1.47 bits per heavy atom. The highest BCUT2D eigenvalue weighted by Gasteiger charge is 2.40. The van der Waals surface area contributed by atoms with Gasteiger partial charge in [-0.25, -0.2) is 4.79 Å². The van der Waals surface area contributed by atoms with E-state index in [0.29, 0.717) is 0 Å². The maximum absolute atomic E-state index is 11.9. The molecule has 0 aromatic heterocycles. The quantitative estimate of drug-likeness (QED) is 0.783. The van der Waals surface area contributed by atoms with Crippen LogP contribution in [-0.4, -0.2) is 45.7 Å². The van der Waals surface area contributed by atoms with Crippen molar-refractivity contribution in [3.05, 3.63) is 0 Å². The maximum Gasteiger partial charge on any atom is 0.397 e. The molecular formula is C7H8F3NO3S. The zero-order chi connectivity index (χ0) is 11.6. The molecule has 1 aliphatic heterocycles. The summed E-state index contributed by atoms with van der Waals surface area (Å²) in [6.07, 6.45) is -6.19. The van der Waals surface area contributed by atoms with Crippen molar-refractivity contribution in [3.8, 4) is 0 Å². The van der Waals surface area contributed by atoms with Crippen LogP contribution in [0.15, 0.2) is 0 Å². The van der Waals surface area contributed by atoms with Crippen molar-refractivity contribution in [2.24, 2.45) is 0 Å². The molecule has 0 spiro atoms. The molecule has 0 bridgehead atoms. The van der Waals surface area contributed by atoms with Gasteiger partial charge in [0.05, 0.1) is 5.88 Å². The molecule has 0 radical (unpaired) electrons. The van der Waals surface area contributed by atoms with Crippen LogP contribution in [0.5, 0.6) is 0 Å². The molecule has 8 heteroatoms. The van der Waals surface area contributed by atoms with E-state index in [-0.39, 0.29) is 11.6 Å². The molecule has 1 saturated heterocycles. The van der Waals surface area contributed by atoms with Crippen molar-refractivity contribution in [2.45, 2.75) is 18.6 Å². The molecule has 0 saturated carbocycles. The van der Waals surface area contributed by atoms with Gasteiger partial charge in [0.25, 0.3) is 0 Å². The summed E-state index contributed by atoms with van der Waals surface area (Å²) in [7, 11) is 0. The van der Waals surface area contributed by atoms with Gasteiger partial charge < -0.3 is 10.0 Å². The van der Waals surface area contributed by atoms with E-state index >= 15 is 0 Å². The molecule has 0 aliphatic carbocycles. The summed E-state index contributed by atoms with van der Waals surface area (Å²) in [5.74, 6) is -2.31. The second-order valence-corrected chi connectivity index (χ2v) is 4.01. The van der Waals surface area contributed by atoms with Crippen molar-refractivity contribution in [1.29, 1.82) is 0 Å². The summed E-state index contributed by atoms with van der Waals surface area (Å²) in [5, 5.41) is 8.64. The van der Waals surface area contributed by atoms with Gasteiger partial charge in [-0.15, -0.1) is 11.8 Å². The van der Waals surface area contributed by atoms with Gasteiger partial charge in [0.15, 0.2) is 0 Å². The molecule has 1 N–H and O–H groups in total. The molecule has 1 aliphatic rings. The first-order valence-corrected chi connectivity index (χ1v) is 5.13. The number of hydrogen-bond acceptors (Lipinski definition) is 3. The van der Waals surface area contributed by atoms with Gasteiger partial charge in [-0.05, 0) is 0 Å². The highest BCUT2D eigenvalue weighted by Crippen LogP contribution is 2.26. The molecule has 1 rings (SSSR count). The Kier molecular flexibility index (Phi) is 3.48. The summed E-state index contributed by atoms with van der Waals surface area (Å²) in [4.78, 5) is 22.4. The number of amides is 1. The fourth-order valence-corrected chi connectivity index (χ4v) is 2.34. The minimum Gasteiger partial charge on any atom is -0.480 e. The number of aliphatic carboxylic acids is 1. The smallest absolute Gasteiger partial charge is 0.397 e. The van der Waals surface area contributed by atoms with Crippen LogP contribution in [0.1, 0.15) is 6.42 Å². The number of carbonyl (C=O) groups excluding carboxylic acids is 1. The van der Waals surface area contributed by atoms with Crippen molar-refractivity contribution >= 4 is 23.6 Å². The lowest BCUT2D eigenvalue weighted by Crippen LogP contribution is -2.43. The lowest BCUT2D eigenvalue weighted by molar-refractivity contribution is -0.165. The Hall–Kier alpha value is -0.920. The summed E-state index contributed by atoms with van der Waals surface area (Å²) in [6, 6.07) is -1.13. The number of carboxylic acids is 1. The largest absolute Gasteiger partial charge is 0.480 e. The predicted octanol–water partition coefficient (Wildman–Crippen LogP) is 0.925. The van der Waals surface area contributed by atoms with Crippen LogP contribution in [0, 0.1) is 0 Å². The molecule has 1 heterocycles. The summed E-state index contributed by atoms with van der Waals surface area (Å²) >= 11 is 1.13. The molecule has 1 fully saturated rings. The number of rotatable bonds is 2. The zero-order valence-electron chi connectivity index (χ0n) is 7.45. The Morgan fingerprint density at radius 3 is 2.53 bits per heavy atom. The number of hydrogen-bond donors (Lipinski definition) is 1. The van der Waals surface area contributed by atoms with Gasteiger partial charge >= 0.3 is 12.1 Å². The Bertz CT molecular complexity index is 281. The minimum absolute atomic E-state index is 0.00583. The number of carboxylic acid groups (broad SMARTS) is 1. The number of halogens is 3. The molecule has 0 aromatic rings. The van der Waals surface area contributed by atoms with Crippen molar-refractivity contribution in [2.75, 3.05) is 11.6 Å². The average Bonchev–Trinajstić information content (AvgIpc) is 2.47. The SMILES string of the molecule is O=C(O)[C@@H]1CSCN1C(=O)CC(F)(F)F. The highest BCUT2D eigenvalue weighted by atomic mass is 32.2. The van der Waals surface area contributed by atoms with Gasteiger partial charge in [-0.3, -0.25) is 4.79 Å². The van der Waals surface area contributed by atoms with Gasteiger partial charge in [0, 0.05) is 5.75 Å². The standard InChI is InChI=1S/C7H8F3NO3S/c8-7(9,10)1-5(12)11-3-15-2-4(11)6(13)14/h4H,1-3H2,(H,13,14)/t4-/m0/s1. The van der Waals surface area contributed by atoms with E-state index in [9.17, 15) is 22.8 Å². The molecule has 0 unspecified atom stereocenters. The second kappa shape index (κ2) is 4.30. The number of alkyl halides is 3. The fourth-order valence-electron chi connectivity index (χ4n) is 1.17. The van der Waals surface area contributed by atoms with Crippen LogP contribution < -0.4 is 0 Å². The van der Waals surface area contributed by atoms with Crippen LogP contribution in [0.25, 0.3) is 0 Å². The van der Waals surface area contributed by atoms with Gasteiger partial charge in [0.2, 0.25) is 5.91 Å². The van der Waals surface area contributed by atoms with Gasteiger partial charge in [-0.1, -0.05) is 0 Å². The Morgan fingerprint density at radius 2 is 2.07 bits per heavy atom. The first-order chi connectivity index (χ1) is 6.81. The van der Waals surface area contributed by atoms with Crippen molar-refractivity contribution in [3.63, 3.8) is 0 Å². The molecule has 15 heavy (non-hydrogen) atoms. The molecule has 4 nitrogen and oxygen atoms in total. The maximum atomic E-state index is 11.9. The normalized spacial score (nSPS) is 21.8. The third-order valence-corrected chi connectivity index (χ3v) is 2.85. The van der Waals surface area contributed by atoms with E-state index in [2.05, 4.69) is 0 Å². The third-order valence-electron chi connectivity index (χ3n) is 1.84. The van der Waals surface area contributed by atoms with Crippen molar-refractivity contribution < 1.29 is 27.9 Å². The number of carbonyl (C=O) groups is 2. The molecular weight excluding hydrogens is 235 g/mol. The van der Waals surface area contributed by atoms with Crippen LogP contribution >= 0.6 is 11.8 Å². The van der Waals surface area contributed by atoms with E-state index in [0.717, 1.165) is 16.7 Å². The minimum atomic E-state index is -4.59. The van der Waals surface area contributed by atoms with Crippen LogP contribution in [-0.2, 0) is 9.59 Å². The first-order valence-electron chi connectivity index (χ1n) is 3.98. The van der Waals surface area contributed by atoms with Crippen LogP contribution in [0.2, 0.25) is 0 Å². The lowest BCUT2D eigenvalue weighted by Gasteiger charge is -2.20. The molecule has 86 valence electrons. The van der Waals surface area contributed by atoms with E-state index < -0.39 is 30.5 Å². The third kappa shape index (κ3) is 3.29.